The van der Waals surface area contributed by atoms with Crippen molar-refractivity contribution in [2.24, 2.45) is 11.7 Å². The SMILES string of the molecule is COC(=O)c1cc(CNC(=O)[C@@H](N)C(C)C)oc1C. The Balaban J connectivity index is 2.64. The maximum Gasteiger partial charge on any atom is 0.341 e. The summed E-state index contributed by atoms with van der Waals surface area (Å²) in [5.41, 5.74) is 6.07. The number of furan rings is 1. The van der Waals surface area contributed by atoms with Crippen molar-refractivity contribution >= 4 is 11.9 Å². The number of methoxy groups -OCH3 is 1. The van der Waals surface area contributed by atoms with Crippen molar-refractivity contribution in [3.63, 3.8) is 0 Å². The molecule has 0 aromatic carbocycles. The zero-order valence-electron chi connectivity index (χ0n) is 11.6. The highest BCUT2D eigenvalue weighted by atomic mass is 16.5. The Morgan fingerprint density at radius 2 is 2.11 bits per heavy atom. The Kier molecular flexibility index (Phi) is 5.11. The van der Waals surface area contributed by atoms with Gasteiger partial charge in [0.2, 0.25) is 5.91 Å². The Bertz CT molecular complexity index is 465. The zero-order chi connectivity index (χ0) is 14.6. The molecule has 1 heterocycles. The first-order valence-electron chi connectivity index (χ1n) is 6.07. The molecule has 6 nitrogen and oxygen atoms in total. The summed E-state index contributed by atoms with van der Waals surface area (Å²) in [5.74, 6) is 0.303. The molecule has 1 rings (SSSR count). The molecule has 0 aliphatic heterocycles. The fourth-order valence-corrected chi connectivity index (χ4v) is 1.54. The Hall–Kier alpha value is -1.82. The summed E-state index contributed by atoms with van der Waals surface area (Å²) in [6, 6.07) is 0.999. The van der Waals surface area contributed by atoms with Crippen LogP contribution in [0.3, 0.4) is 0 Å². The van der Waals surface area contributed by atoms with Crippen LogP contribution in [0.4, 0.5) is 0 Å². The third-order valence-electron chi connectivity index (χ3n) is 2.83. The lowest BCUT2D eigenvalue weighted by Crippen LogP contribution is -2.43. The van der Waals surface area contributed by atoms with E-state index in [9.17, 15) is 9.59 Å². The number of nitrogens with two attached hydrogens (primary N) is 1. The van der Waals surface area contributed by atoms with Crippen LogP contribution in [0.5, 0.6) is 0 Å². The summed E-state index contributed by atoms with van der Waals surface area (Å²) in [6.45, 7) is 5.60. The molecule has 0 radical (unpaired) electrons. The number of rotatable bonds is 5. The lowest BCUT2D eigenvalue weighted by Gasteiger charge is -2.14. The van der Waals surface area contributed by atoms with E-state index in [1.54, 1.807) is 13.0 Å². The van der Waals surface area contributed by atoms with Crippen molar-refractivity contribution in [2.45, 2.75) is 33.4 Å². The van der Waals surface area contributed by atoms with E-state index in [2.05, 4.69) is 10.1 Å². The van der Waals surface area contributed by atoms with Crippen molar-refractivity contribution in [1.82, 2.24) is 5.32 Å². The molecule has 1 amide bonds. The van der Waals surface area contributed by atoms with E-state index >= 15 is 0 Å². The molecule has 0 unspecified atom stereocenters. The number of carbonyl (C=O) groups is 2. The third kappa shape index (κ3) is 3.82. The van der Waals surface area contributed by atoms with Crippen molar-refractivity contribution in [2.75, 3.05) is 7.11 Å². The molecule has 1 atom stereocenters. The largest absolute Gasteiger partial charge is 0.465 e. The number of carbonyl (C=O) groups excluding carboxylic acids is 2. The third-order valence-corrected chi connectivity index (χ3v) is 2.83. The van der Waals surface area contributed by atoms with Gasteiger partial charge in [0.05, 0.1) is 19.7 Å². The molecule has 0 bridgehead atoms. The minimum Gasteiger partial charge on any atom is -0.465 e. The van der Waals surface area contributed by atoms with Gasteiger partial charge in [-0.2, -0.15) is 0 Å². The molecular formula is C13H20N2O4. The standard InChI is InChI=1S/C13H20N2O4/c1-7(2)11(14)12(16)15-6-9-5-10(8(3)19-9)13(17)18-4/h5,7,11H,6,14H2,1-4H3,(H,15,16)/t11-/m0/s1. The van der Waals surface area contributed by atoms with Gasteiger partial charge in [-0.05, 0) is 18.9 Å². The number of ether oxygens (including phenoxy) is 1. The van der Waals surface area contributed by atoms with Gasteiger partial charge in [0.25, 0.3) is 0 Å². The van der Waals surface area contributed by atoms with Crippen LogP contribution >= 0.6 is 0 Å². The van der Waals surface area contributed by atoms with Crippen LogP contribution in [0.2, 0.25) is 0 Å². The smallest absolute Gasteiger partial charge is 0.341 e. The maximum atomic E-state index is 11.7. The van der Waals surface area contributed by atoms with Crippen molar-refractivity contribution in [1.29, 1.82) is 0 Å². The predicted octanol–water partition coefficient (Wildman–Crippen LogP) is 0.974. The molecule has 1 aromatic rings. The minimum absolute atomic E-state index is 0.0592. The van der Waals surface area contributed by atoms with Gasteiger partial charge in [-0.1, -0.05) is 13.8 Å². The average Bonchev–Trinajstić information content (AvgIpc) is 2.75. The summed E-state index contributed by atoms with van der Waals surface area (Å²) in [7, 11) is 1.30. The molecule has 0 aliphatic carbocycles. The molecule has 0 saturated carbocycles. The number of hydrogen-bond acceptors (Lipinski definition) is 5. The highest BCUT2D eigenvalue weighted by Crippen LogP contribution is 2.15. The fourth-order valence-electron chi connectivity index (χ4n) is 1.54. The number of esters is 1. The van der Waals surface area contributed by atoms with E-state index in [1.807, 2.05) is 13.8 Å². The van der Waals surface area contributed by atoms with Crippen LogP contribution < -0.4 is 11.1 Å². The molecule has 1 aromatic heterocycles. The van der Waals surface area contributed by atoms with Gasteiger partial charge >= 0.3 is 5.97 Å². The van der Waals surface area contributed by atoms with E-state index in [0.717, 1.165) is 0 Å². The van der Waals surface area contributed by atoms with Gasteiger partial charge in [-0.15, -0.1) is 0 Å². The number of aryl methyl sites for hydroxylation is 1. The second-order valence-corrected chi connectivity index (χ2v) is 4.66. The minimum atomic E-state index is -0.559. The Morgan fingerprint density at radius 1 is 1.47 bits per heavy atom. The summed E-state index contributed by atoms with van der Waals surface area (Å²) < 4.78 is 9.99. The van der Waals surface area contributed by atoms with Crippen LogP contribution in [0.1, 0.15) is 35.7 Å². The second kappa shape index (κ2) is 6.38. The number of hydrogen-bond donors (Lipinski definition) is 2. The van der Waals surface area contributed by atoms with E-state index in [0.29, 0.717) is 17.1 Å². The van der Waals surface area contributed by atoms with Gasteiger partial charge in [0.15, 0.2) is 0 Å². The Labute approximate surface area is 112 Å². The summed E-state index contributed by atoms with van der Waals surface area (Å²) in [4.78, 5) is 23.1. The molecule has 0 spiro atoms. The quantitative estimate of drug-likeness (QED) is 0.776. The van der Waals surface area contributed by atoms with E-state index in [-0.39, 0.29) is 18.4 Å². The fraction of sp³-hybridized carbons (Fsp3) is 0.538. The molecular weight excluding hydrogens is 248 g/mol. The highest BCUT2D eigenvalue weighted by molar-refractivity contribution is 5.90. The lowest BCUT2D eigenvalue weighted by atomic mass is 10.1. The highest BCUT2D eigenvalue weighted by Gasteiger charge is 2.19. The van der Waals surface area contributed by atoms with Crippen molar-refractivity contribution in [3.05, 3.63) is 23.2 Å². The van der Waals surface area contributed by atoms with Crippen LogP contribution in [-0.4, -0.2) is 25.0 Å². The van der Waals surface area contributed by atoms with Gasteiger partial charge in [0.1, 0.15) is 17.1 Å². The van der Waals surface area contributed by atoms with Gasteiger partial charge in [-0.25, -0.2) is 4.79 Å². The maximum absolute atomic E-state index is 11.7. The number of nitrogens with one attached hydrogen (secondary N) is 1. The van der Waals surface area contributed by atoms with E-state index in [4.69, 9.17) is 10.2 Å². The first-order chi connectivity index (χ1) is 8.86. The van der Waals surface area contributed by atoms with Crippen LogP contribution in [0.15, 0.2) is 10.5 Å². The normalized spacial score (nSPS) is 12.3. The topological polar surface area (TPSA) is 94.6 Å². The zero-order valence-corrected chi connectivity index (χ0v) is 11.6. The predicted molar refractivity (Wildman–Crippen MR) is 69.4 cm³/mol. The number of amides is 1. The monoisotopic (exact) mass is 268 g/mol. The van der Waals surface area contributed by atoms with Crippen LogP contribution in [0.25, 0.3) is 0 Å². The van der Waals surface area contributed by atoms with Gasteiger partial charge in [0, 0.05) is 0 Å². The van der Waals surface area contributed by atoms with E-state index < -0.39 is 12.0 Å². The van der Waals surface area contributed by atoms with Crippen LogP contribution in [-0.2, 0) is 16.1 Å². The van der Waals surface area contributed by atoms with Crippen molar-refractivity contribution < 1.29 is 18.7 Å². The van der Waals surface area contributed by atoms with Crippen LogP contribution in [0, 0.1) is 12.8 Å². The van der Waals surface area contributed by atoms with Gasteiger partial charge in [-0.3, -0.25) is 4.79 Å². The van der Waals surface area contributed by atoms with E-state index in [1.165, 1.54) is 7.11 Å². The molecule has 0 saturated heterocycles. The summed E-state index contributed by atoms with van der Waals surface area (Å²) in [5, 5.41) is 2.67. The molecule has 3 N–H and O–H groups in total. The summed E-state index contributed by atoms with van der Waals surface area (Å²) >= 11 is 0. The molecule has 0 fully saturated rings. The molecule has 6 heteroatoms. The second-order valence-electron chi connectivity index (χ2n) is 4.66. The lowest BCUT2D eigenvalue weighted by molar-refractivity contribution is -0.123. The molecule has 19 heavy (non-hydrogen) atoms. The Morgan fingerprint density at radius 3 is 2.63 bits per heavy atom. The first kappa shape index (κ1) is 15.2. The van der Waals surface area contributed by atoms with Crippen molar-refractivity contribution in [3.8, 4) is 0 Å². The summed E-state index contributed by atoms with van der Waals surface area (Å²) in [6.07, 6.45) is 0. The average molecular weight is 268 g/mol. The molecule has 0 aliphatic rings. The molecule has 106 valence electrons. The van der Waals surface area contributed by atoms with Gasteiger partial charge < -0.3 is 20.2 Å². The first-order valence-corrected chi connectivity index (χ1v) is 6.07.